The molecule has 0 amide bonds. The summed E-state index contributed by atoms with van der Waals surface area (Å²) in [5, 5.41) is 3.60. The van der Waals surface area contributed by atoms with Gasteiger partial charge in [-0.1, -0.05) is 5.16 Å². The van der Waals surface area contributed by atoms with Crippen LogP contribution in [0.15, 0.2) is 5.16 Å². The average molecular weight is 233 g/mol. The van der Waals surface area contributed by atoms with Gasteiger partial charge in [0.1, 0.15) is 7.11 Å². The van der Waals surface area contributed by atoms with Crippen LogP contribution in [0.25, 0.3) is 0 Å². The van der Waals surface area contributed by atoms with E-state index in [9.17, 15) is 4.79 Å². The van der Waals surface area contributed by atoms with Gasteiger partial charge in [0.25, 0.3) is 0 Å². The summed E-state index contributed by atoms with van der Waals surface area (Å²) in [6.07, 6.45) is 0. The Morgan fingerprint density at radius 2 is 1.69 bits per heavy atom. The second-order valence-electron chi connectivity index (χ2n) is 2.93. The maximum Gasteiger partial charge on any atom is 0.361 e. The van der Waals surface area contributed by atoms with Crippen LogP contribution in [-0.2, 0) is 23.8 Å². The fourth-order valence-electron chi connectivity index (χ4n) is 1.22. The second-order valence-corrected chi connectivity index (χ2v) is 2.93. The highest BCUT2D eigenvalue weighted by Gasteiger charge is 2.39. The zero-order valence-corrected chi connectivity index (χ0v) is 10.4. The molecular formula is C10H19NO5. The normalized spacial score (nSPS) is 12.4. The molecule has 0 atom stereocenters. The van der Waals surface area contributed by atoms with Gasteiger partial charge in [-0.05, 0) is 20.8 Å². The van der Waals surface area contributed by atoms with Crippen molar-refractivity contribution in [2.45, 2.75) is 26.6 Å². The number of hydrogen-bond acceptors (Lipinski definition) is 6. The molecular weight excluding hydrogens is 214 g/mol. The highest BCUT2D eigenvalue weighted by atomic mass is 16.7. The number of methoxy groups -OCH3 is 1. The minimum absolute atomic E-state index is 0.0544. The topological polar surface area (TPSA) is 66.3 Å². The molecule has 0 aromatic rings. The molecule has 6 heteroatoms. The quantitative estimate of drug-likeness (QED) is 0.283. The molecule has 0 fully saturated rings. The van der Waals surface area contributed by atoms with Gasteiger partial charge < -0.3 is 19.0 Å². The molecule has 0 saturated heterocycles. The molecule has 0 aromatic carbocycles. The molecule has 0 rings (SSSR count). The Morgan fingerprint density at radius 3 is 2.00 bits per heavy atom. The Bertz CT molecular complexity index is 246. The van der Waals surface area contributed by atoms with Crippen molar-refractivity contribution in [2.75, 3.05) is 27.4 Å². The van der Waals surface area contributed by atoms with E-state index in [0.717, 1.165) is 0 Å². The summed E-state index contributed by atoms with van der Waals surface area (Å²) in [5.41, 5.74) is -0.0544. The largest absolute Gasteiger partial charge is 0.464 e. The lowest BCUT2D eigenvalue weighted by molar-refractivity contribution is -0.177. The van der Waals surface area contributed by atoms with Gasteiger partial charge >= 0.3 is 5.97 Å². The summed E-state index contributed by atoms with van der Waals surface area (Å²) in [4.78, 5) is 16.1. The number of rotatable bonds is 7. The third-order valence-electron chi connectivity index (χ3n) is 1.83. The molecule has 94 valence electrons. The maximum absolute atomic E-state index is 11.5. The fraction of sp³-hybridized carbons (Fsp3) is 0.800. The predicted octanol–water partition coefficient (Wildman–Crippen LogP) is 0.951. The second kappa shape index (κ2) is 7.19. The SMILES string of the molecule is CCOC(C)(OCC)C(=NOC)C(=O)OC. The molecule has 0 aliphatic heterocycles. The molecule has 0 unspecified atom stereocenters. The number of carbonyl (C=O) groups excluding carboxylic acids is 1. The number of nitrogens with zero attached hydrogens (tertiary/aromatic N) is 1. The van der Waals surface area contributed by atoms with Crippen LogP contribution in [-0.4, -0.2) is 44.9 Å². The molecule has 16 heavy (non-hydrogen) atoms. The average Bonchev–Trinajstić information content (AvgIpc) is 2.25. The van der Waals surface area contributed by atoms with Crippen LogP contribution in [0.3, 0.4) is 0 Å². The predicted molar refractivity (Wildman–Crippen MR) is 58.1 cm³/mol. The summed E-state index contributed by atoms with van der Waals surface area (Å²) >= 11 is 0. The molecule has 0 heterocycles. The van der Waals surface area contributed by atoms with E-state index in [1.807, 2.05) is 0 Å². The lowest BCUT2D eigenvalue weighted by Crippen LogP contribution is -2.46. The van der Waals surface area contributed by atoms with E-state index < -0.39 is 11.8 Å². The first-order valence-electron chi connectivity index (χ1n) is 5.03. The standard InChI is InChI=1S/C10H19NO5/c1-6-15-10(3,16-7-2)8(11-14-5)9(12)13-4/h6-7H2,1-5H3. The summed E-state index contributed by atoms with van der Waals surface area (Å²) in [6, 6.07) is 0. The fourth-order valence-corrected chi connectivity index (χ4v) is 1.22. The van der Waals surface area contributed by atoms with Crippen molar-refractivity contribution >= 4 is 11.7 Å². The molecule has 6 nitrogen and oxygen atoms in total. The van der Waals surface area contributed by atoms with Gasteiger partial charge in [0.2, 0.25) is 11.5 Å². The van der Waals surface area contributed by atoms with Gasteiger partial charge in [-0.2, -0.15) is 0 Å². The maximum atomic E-state index is 11.5. The van der Waals surface area contributed by atoms with E-state index in [0.29, 0.717) is 13.2 Å². The minimum atomic E-state index is -1.26. The number of esters is 1. The molecule has 0 radical (unpaired) electrons. The Hall–Kier alpha value is -1.14. The lowest BCUT2D eigenvalue weighted by atomic mass is 10.2. The Labute approximate surface area is 95.5 Å². The van der Waals surface area contributed by atoms with Crippen LogP contribution in [0, 0.1) is 0 Å². The van der Waals surface area contributed by atoms with Gasteiger partial charge in [-0.15, -0.1) is 0 Å². The highest BCUT2D eigenvalue weighted by Crippen LogP contribution is 2.16. The third kappa shape index (κ3) is 3.79. The zero-order chi connectivity index (χ0) is 12.6. The van der Waals surface area contributed by atoms with E-state index in [-0.39, 0.29) is 5.71 Å². The van der Waals surface area contributed by atoms with E-state index >= 15 is 0 Å². The van der Waals surface area contributed by atoms with Crippen molar-refractivity contribution < 1.29 is 23.8 Å². The lowest BCUT2D eigenvalue weighted by Gasteiger charge is -2.28. The van der Waals surface area contributed by atoms with Crippen LogP contribution >= 0.6 is 0 Å². The Kier molecular flexibility index (Phi) is 6.67. The van der Waals surface area contributed by atoms with Crippen LogP contribution in [0.1, 0.15) is 20.8 Å². The molecule has 0 bridgehead atoms. The van der Waals surface area contributed by atoms with Crippen molar-refractivity contribution in [1.82, 2.24) is 0 Å². The van der Waals surface area contributed by atoms with Gasteiger partial charge in [0, 0.05) is 13.2 Å². The molecule has 0 N–H and O–H groups in total. The van der Waals surface area contributed by atoms with Crippen LogP contribution in [0.4, 0.5) is 0 Å². The summed E-state index contributed by atoms with van der Waals surface area (Å²) in [5.74, 6) is -1.90. The van der Waals surface area contributed by atoms with Gasteiger partial charge in [0.15, 0.2) is 0 Å². The van der Waals surface area contributed by atoms with E-state index in [1.54, 1.807) is 20.8 Å². The van der Waals surface area contributed by atoms with Crippen molar-refractivity contribution in [1.29, 1.82) is 0 Å². The number of carbonyl (C=O) groups is 1. The first-order valence-corrected chi connectivity index (χ1v) is 5.03. The van der Waals surface area contributed by atoms with Crippen LogP contribution < -0.4 is 0 Å². The minimum Gasteiger partial charge on any atom is -0.464 e. The first-order chi connectivity index (χ1) is 7.55. The van der Waals surface area contributed by atoms with Crippen LogP contribution in [0.2, 0.25) is 0 Å². The summed E-state index contributed by atoms with van der Waals surface area (Å²) in [6.45, 7) is 5.92. The number of ether oxygens (including phenoxy) is 3. The molecule has 0 saturated carbocycles. The van der Waals surface area contributed by atoms with Gasteiger partial charge in [-0.25, -0.2) is 4.79 Å². The highest BCUT2D eigenvalue weighted by molar-refractivity contribution is 6.39. The summed E-state index contributed by atoms with van der Waals surface area (Å²) < 4.78 is 15.3. The van der Waals surface area contributed by atoms with Crippen molar-refractivity contribution in [3.63, 3.8) is 0 Å². The zero-order valence-electron chi connectivity index (χ0n) is 10.4. The third-order valence-corrected chi connectivity index (χ3v) is 1.83. The van der Waals surface area contributed by atoms with Crippen molar-refractivity contribution in [2.24, 2.45) is 5.16 Å². The van der Waals surface area contributed by atoms with Gasteiger partial charge in [-0.3, -0.25) is 0 Å². The van der Waals surface area contributed by atoms with Crippen LogP contribution in [0.5, 0.6) is 0 Å². The van der Waals surface area contributed by atoms with Gasteiger partial charge in [0.05, 0.1) is 7.11 Å². The summed E-state index contributed by atoms with van der Waals surface area (Å²) in [7, 11) is 2.59. The first kappa shape index (κ1) is 14.9. The molecule has 0 aliphatic rings. The smallest absolute Gasteiger partial charge is 0.361 e. The van der Waals surface area contributed by atoms with E-state index in [4.69, 9.17) is 9.47 Å². The molecule has 0 spiro atoms. The van der Waals surface area contributed by atoms with E-state index in [2.05, 4.69) is 14.7 Å². The van der Waals surface area contributed by atoms with Crippen molar-refractivity contribution in [3.8, 4) is 0 Å². The van der Waals surface area contributed by atoms with Crippen molar-refractivity contribution in [3.05, 3.63) is 0 Å². The molecule has 0 aromatic heterocycles. The Balaban J connectivity index is 5.09. The monoisotopic (exact) mass is 233 g/mol. The van der Waals surface area contributed by atoms with E-state index in [1.165, 1.54) is 14.2 Å². The number of oxime groups is 1. The Morgan fingerprint density at radius 1 is 1.19 bits per heavy atom. The number of hydrogen-bond donors (Lipinski definition) is 0. The molecule has 0 aliphatic carbocycles.